The lowest BCUT2D eigenvalue weighted by atomic mass is 9.66. The van der Waals surface area contributed by atoms with Crippen molar-refractivity contribution in [2.24, 2.45) is 17.8 Å². The zero-order valence-electron chi connectivity index (χ0n) is 10.7. The van der Waals surface area contributed by atoms with Crippen molar-refractivity contribution in [1.29, 1.82) is 0 Å². The molecule has 4 fully saturated rings. The third-order valence-corrected chi connectivity index (χ3v) is 4.66. The fraction of sp³-hybridized carbons (Fsp3) is 0.643. The highest BCUT2D eigenvalue weighted by Gasteiger charge is 2.48. The Morgan fingerprint density at radius 1 is 1.16 bits per heavy atom. The van der Waals surface area contributed by atoms with E-state index in [1.165, 1.54) is 31.6 Å². The fourth-order valence-electron chi connectivity index (χ4n) is 4.17. The molecule has 0 N–H and O–H groups in total. The lowest BCUT2D eigenvalue weighted by Gasteiger charge is -2.55. The van der Waals surface area contributed by atoms with Gasteiger partial charge in [0.2, 0.25) is 0 Å². The van der Waals surface area contributed by atoms with E-state index in [0.29, 0.717) is 17.6 Å². The van der Waals surface area contributed by atoms with E-state index in [2.05, 4.69) is 9.88 Å². The predicted octanol–water partition coefficient (Wildman–Crippen LogP) is 2.36. The SMILES string of the molecule is Cl.Fc1cncc(OC2C3CC4CC2CN(C4)C3)c1. The third-order valence-electron chi connectivity index (χ3n) is 4.66. The largest absolute Gasteiger partial charge is 0.488 e. The lowest BCUT2D eigenvalue weighted by molar-refractivity contribution is -0.0986. The summed E-state index contributed by atoms with van der Waals surface area (Å²) in [7, 11) is 0. The molecule has 2 atom stereocenters. The van der Waals surface area contributed by atoms with Crippen molar-refractivity contribution in [3.8, 4) is 5.75 Å². The van der Waals surface area contributed by atoms with E-state index >= 15 is 0 Å². The number of hydrogen-bond donors (Lipinski definition) is 0. The number of halogens is 2. The average molecular weight is 285 g/mol. The number of nitrogens with zero attached hydrogens (tertiary/aromatic N) is 2. The second kappa shape index (κ2) is 4.91. The standard InChI is InChI=1S/C14H17FN2O.ClH/c15-12-3-13(5-16-4-12)18-14-10-1-9-2-11(14)8-17(6-9)7-10;/h3-5,9-11,14H,1-2,6-8H2;1H. The van der Waals surface area contributed by atoms with E-state index in [1.54, 1.807) is 6.20 Å². The Hall–Kier alpha value is -0.870. The topological polar surface area (TPSA) is 25.4 Å². The minimum absolute atomic E-state index is 0. The highest BCUT2D eigenvalue weighted by molar-refractivity contribution is 5.85. The normalized spacial score (nSPS) is 38.9. The van der Waals surface area contributed by atoms with Gasteiger partial charge in [0.1, 0.15) is 17.7 Å². The Morgan fingerprint density at radius 3 is 2.53 bits per heavy atom. The van der Waals surface area contributed by atoms with Crippen LogP contribution in [0, 0.1) is 23.6 Å². The van der Waals surface area contributed by atoms with Gasteiger partial charge in [-0.15, -0.1) is 12.4 Å². The van der Waals surface area contributed by atoms with E-state index in [0.717, 1.165) is 19.0 Å². The Bertz CT molecular complexity index is 443. The molecule has 1 aliphatic carbocycles. The van der Waals surface area contributed by atoms with Crippen LogP contribution in [-0.2, 0) is 0 Å². The molecule has 1 aromatic rings. The molecule has 104 valence electrons. The van der Waals surface area contributed by atoms with Gasteiger partial charge in [-0.25, -0.2) is 4.39 Å². The maximum atomic E-state index is 13.1. The summed E-state index contributed by atoms with van der Waals surface area (Å²) in [6.45, 7) is 3.59. The van der Waals surface area contributed by atoms with Crippen molar-refractivity contribution in [3.63, 3.8) is 0 Å². The molecule has 3 nitrogen and oxygen atoms in total. The summed E-state index contributed by atoms with van der Waals surface area (Å²) in [5.74, 6) is 2.38. The first kappa shape index (κ1) is 13.1. The molecule has 19 heavy (non-hydrogen) atoms. The number of aromatic nitrogens is 1. The van der Waals surface area contributed by atoms with Crippen LogP contribution in [-0.4, -0.2) is 35.6 Å². The summed E-state index contributed by atoms with van der Waals surface area (Å²) in [4.78, 5) is 6.42. The van der Waals surface area contributed by atoms with Crippen LogP contribution in [0.15, 0.2) is 18.5 Å². The van der Waals surface area contributed by atoms with Crippen LogP contribution < -0.4 is 4.74 Å². The number of rotatable bonds is 2. The van der Waals surface area contributed by atoms with Crippen LogP contribution >= 0.6 is 12.4 Å². The molecule has 5 rings (SSSR count). The first-order valence-electron chi connectivity index (χ1n) is 6.77. The van der Waals surface area contributed by atoms with E-state index in [1.807, 2.05) is 0 Å². The van der Waals surface area contributed by atoms with Gasteiger partial charge in [-0.3, -0.25) is 4.98 Å². The summed E-state index contributed by atoms with van der Waals surface area (Å²) in [6, 6.07) is 1.44. The zero-order valence-corrected chi connectivity index (χ0v) is 11.5. The monoisotopic (exact) mass is 284 g/mol. The smallest absolute Gasteiger partial charge is 0.145 e. The molecule has 0 spiro atoms. The van der Waals surface area contributed by atoms with Gasteiger partial charge in [0.15, 0.2) is 0 Å². The molecule has 0 radical (unpaired) electrons. The molecule has 4 aliphatic rings. The van der Waals surface area contributed by atoms with Crippen molar-refractivity contribution in [1.82, 2.24) is 9.88 Å². The summed E-state index contributed by atoms with van der Waals surface area (Å²) < 4.78 is 19.2. The Balaban J connectivity index is 0.00000110. The van der Waals surface area contributed by atoms with Crippen LogP contribution in [0.4, 0.5) is 4.39 Å². The van der Waals surface area contributed by atoms with Gasteiger partial charge in [-0.2, -0.15) is 0 Å². The minimum Gasteiger partial charge on any atom is -0.488 e. The molecular formula is C14H18ClFN2O. The van der Waals surface area contributed by atoms with Crippen molar-refractivity contribution >= 4 is 12.4 Å². The zero-order chi connectivity index (χ0) is 12.1. The van der Waals surface area contributed by atoms with Crippen LogP contribution in [0.5, 0.6) is 5.75 Å². The molecule has 2 unspecified atom stereocenters. The van der Waals surface area contributed by atoms with Crippen LogP contribution in [0.2, 0.25) is 0 Å². The molecule has 3 saturated heterocycles. The van der Waals surface area contributed by atoms with Crippen molar-refractivity contribution < 1.29 is 9.13 Å². The highest BCUT2D eigenvalue weighted by atomic mass is 35.5. The lowest BCUT2D eigenvalue weighted by Crippen LogP contribution is -2.61. The van der Waals surface area contributed by atoms with Gasteiger partial charge in [0.25, 0.3) is 0 Å². The number of pyridine rings is 1. The molecule has 1 aromatic heterocycles. The molecule has 0 amide bonds. The Morgan fingerprint density at radius 2 is 1.89 bits per heavy atom. The van der Waals surface area contributed by atoms with E-state index < -0.39 is 0 Å². The highest BCUT2D eigenvalue weighted by Crippen LogP contribution is 2.44. The summed E-state index contributed by atoms with van der Waals surface area (Å²) in [5.41, 5.74) is 0. The second-order valence-electron chi connectivity index (χ2n) is 6.00. The van der Waals surface area contributed by atoms with Crippen LogP contribution in [0.3, 0.4) is 0 Å². The first-order chi connectivity index (χ1) is 8.78. The van der Waals surface area contributed by atoms with Gasteiger partial charge in [0.05, 0.1) is 12.4 Å². The van der Waals surface area contributed by atoms with E-state index in [-0.39, 0.29) is 24.3 Å². The number of piperidine rings is 3. The fourth-order valence-corrected chi connectivity index (χ4v) is 4.17. The maximum absolute atomic E-state index is 13.1. The van der Waals surface area contributed by atoms with Crippen molar-refractivity contribution in [2.45, 2.75) is 18.9 Å². The predicted molar refractivity (Wildman–Crippen MR) is 72.0 cm³/mol. The molecule has 4 bridgehead atoms. The quantitative estimate of drug-likeness (QED) is 0.834. The average Bonchev–Trinajstić information content (AvgIpc) is 2.33. The molecular weight excluding hydrogens is 267 g/mol. The van der Waals surface area contributed by atoms with Gasteiger partial charge in [-0.05, 0) is 18.8 Å². The second-order valence-corrected chi connectivity index (χ2v) is 6.00. The van der Waals surface area contributed by atoms with Gasteiger partial charge in [0, 0.05) is 37.5 Å². The van der Waals surface area contributed by atoms with E-state index in [9.17, 15) is 4.39 Å². The molecule has 4 heterocycles. The summed E-state index contributed by atoms with van der Waals surface area (Å²) in [5, 5.41) is 0. The maximum Gasteiger partial charge on any atom is 0.145 e. The Labute approximate surface area is 118 Å². The van der Waals surface area contributed by atoms with Crippen molar-refractivity contribution in [2.75, 3.05) is 19.6 Å². The third kappa shape index (κ3) is 2.32. The first-order valence-corrected chi connectivity index (χ1v) is 6.77. The Kier molecular flexibility index (Phi) is 3.39. The van der Waals surface area contributed by atoms with Gasteiger partial charge in [-0.1, -0.05) is 0 Å². The van der Waals surface area contributed by atoms with Crippen molar-refractivity contribution in [3.05, 3.63) is 24.3 Å². The van der Waals surface area contributed by atoms with Gasteiger partial charge >= 0.3 is 0 Å². The molecule has 0 aromatic carbocycles. The van der Waals surface area contributed by atoms with E-state index in [4.69, 9.17) is 4.74 Å². The number of hydrogen-bond acceptors (Lipinski definition) is 3. The summed E-state index contributed by atoms with van der Waals surface area (Å²) >= 11 is 0. The minimum atomic E-state index is -0.319. The van der Waals surface area contributed by atoms with Gasteiger partial charge < -0.3 is 9.64 Å². The summed E-state index contributed by atoms with van der Waals surface area (Å²) in [6.07, 6.45) is 5.66. The molecule has 3 aliphatic heterocycles. The molecule has 5 heteroatoms. The van der Waals surface area contributed by atoms with Crippen LogP contribution in [0.1, 0.15) is 12.8 Å². The van der Waals surface area contributed by atoms with Crippen LogP contribution in [0.25, 0.3) is 0 Å². The number of ether oxygens (including phenoxy) is 1. The molecule has 1 saturated carbocycles.